The molecule has 4 nitrogen and oxygen atoms in total. The summed E-state index contributed by atoms with van der Waals surface area (Å²) in [5.41, 5.74) is 43.3. The van der Waals surface area contributed by atoms with Gasteiger partial charge in [-0.1, -0.05) is 328 Å². The number of hydrogen-bond donors (Lipinski definition) is 0. The van der Waals surface area contributed by atoms with Crippen molar-refractivity contribution in [1.29, 1.82) is 0 Å². The van der Waals surface area contributed by atoms with Crippen molar-refractivity contribution in [2.75, 3.05) is 9.80 Å². The second-order valence-corrected chi connectivity index (χ2v) is 37.6. The first-order valence-electron chi connectivity index (χ1n) is 44.8. The maximum Gasteiger partial charge on any atom is 0.144 e. The van der Waals surface area contributed by atoms with E-state index in [9.17, 15) is 0 Å². The SMILES string of the molecule is CCCCCCCC1(CCCCCCC)c2ccccc2-c2ccc(-c3ccc4c(c3)C(C)(C)c3cc(-c5ccc(-c6cc7c(c8c6oc6ccccc68)-c6ccc(N(c8ccc(N(c9ccccc9)c9ccccc9)cc8)c8ccc9c(c8)C(C)(C)c8c%10c(c%11oc%12ccccc%12c%11c8-9)-c8ccccc8C%10(C)C)cc6C7(C)C)cc5)ccc3-4)cc21. The molecule has 15 aromatic carbocycles. The van der Waals surface area contributed by atoms with Crippen LogP contribution in [0.1, 0.15) is 202 Å². The molecule has 0 saturated heterocycles. The molecule has 121 heavy (non-hydrogen) atoms. The van der Waals surface area contributed by atoms with Crippen LogP contribution in [0.3, 0.4) is 0 Å². The lowest BCUT2D eigenvalue weighted by Crippen LogP contribution is -2.25. The van der Waals surface area contributed by atoms with Crippen molar-refractivity contribution in [3.05, 3.63) is 359 Å². The summed E-state index contributed by atoms with van der Waals surface area (Å²) in [6.45, 7) is 24.2. The summed E-state index contributed by atoms with van der Waals surface area (Å²) in [6.07, 6.45) is 15.4. The highest BCUT2D eigenvalue weighted by atomic mass is 16.3. The minimum atomic E-state index is -0.427. The quantitative estimate of drug-likeness (QED) is 0.0671. The van der Waals surface area contributed by atoms with Gasteiger partial charge in [0.1, 0.15) is 22.3 Å². The van der Waals surface area contributed by atoms with Crippen molar-refractivity contribution in [3.63, 3.8) is 0 Å². The Bertz CT molecular complexity index is 6990. The Balaban J connectivity index is 0.619. The minimum Gasteiger partial charge on any atom is -0.455 e. The van der Waals surface area contributed by atoms with E-state index in [0.29, 0.717) is 0 Å². The molecule has 22 rings (SSSR count). The molecule has 0 bridgehead atoms. The molecule has 0 unspecified atom stereocenters. The van der Waals surface area contributed by atoms with Gasteiger partial charge < -0.3 is 18.6 Å². The van der Waals surface area contributed by atoms with Crippen LogP contribution in [0.25, 0.3) is 133 Å². The van der Waals surface area contributed by atoms with Gasteiger partial charge in [0.2, 0.25) is 0 Å². The lowest BCUT2D eigenvalue weighted by molar-refractivity contribution is 0.399. The van der Waals surface area contributed by atoms with E-state index in [1.807, 2.05) is 0 Å². The Morgan fingerprint density at radius 1 is 0.240 bits per heavy atom. The molecular formula is C117H104N2O2. The molecule has 0 atom stereocenters. The van der Waals surface area contributed by atoms with Crippen molar-refractivity contribution in [2.45, 2.75) is 173 Å². The number of anilines is 6. The highest BCUT2D eigenvalue weighted by Crippen LogP contribution is 2.65. The van der Waals surface area contributed by atoms with Gasteiger partial charge in [0.15, 0.2) is 0 Å². The second-order valence-electron chi connectivity index (χ2n) is 37.6. The molecule has 0 spiro atoms. The van der Waals surface area contributed by atoms with E-state index < -0.39 is 10.8 Å². The second kappa shape index (κ2) is 28.3. The predicted octanol–water partition coefficient (Wildman–Crippen LogP) is 33.6. The lowest BCUT2D eigenvalue weighted by atomic mass is 9.70. The van der Waals surface area contributed by atoms with Gasteiger partial charge in [-0.3, -0.25) is 0 Å². The maximum atomic E-state index is 7.21. The topological polar surface area (TPSA) is 32.8 Å². The highest BCUT2D eigenvalue weighted by molar-refractivity contribution is 6.22. The standard InChI is InChI=1S/C117H104N2O2/c1-11-13-15-17-33-65-117(66-34-18-16-14-12-2)95-44-30-25-39-84(95)87-62-53-77(69-100(87)117)76-52-61-86-85-60-51-75(67-96(85)113(3,4)97(86)68-76)73-47-49-74(50-48-73)93-72-101-104(106-91-41-27-31-45-102(91)120-111(93)106)89-63-58-82(70-98(89)114(101,5)6)119(81-56-54-80(55-57-81)118(78-35-21-19-22-36-78)79-37-23-20-24-38-79)83-59-64-90-99(71-83)116(9,10)109-105(90)107-92-42-28-32-46-103(92)121-112(107)108-88-40-26-29-43-94(88)115(7,8)110(108)109/h19-32,35-64,67-72H,11-18,33-34,65-66H2,1-10H3. The molecule has 0 fully saturated rings. The van der Waals surface area contributed by atoms with E-state index >= 15 is 0 Å². The molecule has 5 aliphatic rings. The first kappa shape index (κ1) is 74.8. The number of unbranched alkanes of at least 4 members (excludes halogenated alkanes) is 8. The van der Waals surface area contributed by atoms with E-state index in [4.69, 9.17) is 8.83 Å². The summed E-state index contributed by atoms with van der Waals surface area (Å²) in [7, 11) is 0. The van der Waals surface area contributed by atoms with Crippen molar-refractivity contribution >= 4 is 78.0 Å². The molecule has 594 valence electrons. The average Bonchev–Trinajstić information content (AvgIpc) is 1.50. The van der Waals surface area contributed by atoms with E-state index in [0.717, 1.165) is 83.7 Å². The zero-order chi connectivity index (χ0) is 82.0. The van der Waals surface area contributed by atoms with Gasteiger partial charge in [0.25, 0.3) is 0 Å². The van der Waals surface area contributed by atoms with Crippen LogP contribution in [0.5, 0.6) is 0 Å². The van der Waals surface area contributed by atoms with Gasteiger partial charge >= 0.3 is 0 Å². The van der Waals surface area contributed by atoms with Crippen molar-refractivity contribution in [3.8, 4) is 89.0 Å². The Hall–Kier alpha value is -12.5. The van der Waals surface area contributed by atoms with Gasteiger partial charge in [0.05, 0.1) is 0 Å². The number of para-hydroxylation sites is 4. The summed E-state index contributed by atoms with van der Waals surface area (Å²) < 4.78 is 14.3. The molecule has 0 radical (unpaired) electrons. The zero-order valence-corrected chi connectivity index (χ0v) is 71.6. The molecule has 0 N–H and O–H groups in total. The van der Waals surface area contributed by atoms with Gasteiger partial charge in [-0.15, -0.1) is 0 Å². The van der Waals surface area contributed by atoms with Crippen LogP contribution < -0.4 is 9.80 Å². The molecule has 4 heteroatoms. The number of hydrogen-bond acceptors (Lipinski definition) is 4. The maximum absolute atomic E-state index is 7.21. The summed E-state index contributed by atoms with van der Waals surface area (Å²) in [6, 6.07) is 115. The molecule has 2 heterocycles. The minimum absolute atomic E-state index is 0.0366. The number of furan rings is 2. The summed E-state index contributed by atoms with van der Waals surface area (Å²) in [4.78, 5) is 4.87. The van der Waals surface area contributed by atoms with Crippen LogP contribution >= 0.6 is 0 Å². The van der Waals surface area contributed by atoms with E-state index in [2.05, 4.69) is 382 Å². The molecule has 0 aliphatic heterocycles. The van der Waals surface area contributed by atoms with E-state index in [-0.39, 0.29) is 16.2 Å². The fourth-order valence-corrected chi connectivity index (χ4v) is 23.2. The predicted molar refractivity (Wildman–Crippen MR) is 510 cm³/mol. The monoisotopic (exact) mass is 1570 g/mol. The molecule has 0 amide bonds. The third-order valence-corrected chi connectivity index (χ3v) is 29.3. The third-order valence-electron chi connectivity index (χ3n) is 29.3. The normalized spacial score (nSPS) is 15.1. The van der Waals surface area contributed by atoms with E-state index in [1.165, 1.54) is 205 Å². The average molecular weight is 1570 g/mol. The smallest absolute Gasteiger partial charge is 0.144 e. The zero-order valence-electron chi connectivity index (χ0n) is 71.6. The summed E-state index contributed by atoms with van der Waals surface area (Å²) >= 11 is 0. The first-order valence-corrected chi connectivity index (χ1v) is 44.8. The van der Waals surface area contributed by atoms with Gasteiger partial charge in [-0.25, -0.2) is 0 Å². The van der Waals surface area contributed by atoms with Crippen LogP contribution in [0, 0.1) is 0 Å². The summed E-state index contributed by atoms with van der Waals surface area (Å²) in [5, 5.41) is 4.65. The molecule has 17 aromatic rings. The van der Waals surface area contributed by atoms with Crippen LogP contribution in [0.2, 0.25) is 0 Å². The van der Waals surface area contributed by atoms with Gasteiger partial charge in [0, 0.05) is 93.9 Å². The molecule has 5 aliphatic carbocycles. The fraction of sp³-hybridized carbons (Fsp3) is 0.231. The number of rotatable bonds is 21. The van der Waals surface area contributed by atoms with Crippen molar-refractivity contribution in [1.82, 2.24) is 0 Å². The molecule has 2 aromatic heterocycles. The molecule has 0 saturated carbocycles. The number of fused-ring (bicyclic) bond motifs is 25. The first-order chi connectivity index (χ1) is 59.0. The lowest BCUT2D eigenvalue weighted by Gasteiger charge is -2.33. The number of benzene rings is 15. The van der Waals surface area contributed by atoms with Crippen LogP contribution in [0.4, 0.5) is 34.1 Å². The fourth-order valence-electron chi connectivity index (χ4n) is 23.2. The highest BCUT2D eigenvalue weighted by Gasteiger charge is 2.50. The van der Waals surface area contributed by atoms with Crippen LogP contribution in [0.15, 0.2) is 312 Å². The Morgan fingerprint density at radius 2 is 0.612 bits per heavy atom. The number of nitrogens with zero attached hydrogens (tertiary/aromatic N) is 2. The van der Waals surface area contributed by atoms with Crippen LogP contribution in [-0.4, -0.2) is 0 Å². The Morgan fingerprint density at radius 3 is 1.19 bits per heavy atom. The van der Waals surface area contributed by atoms with Crippen LogP contribution in [-0.2, 0) is 27.1 Å². The van der Waals surface area contributed by atoms with Gasteiger partial charge in [-0.2, -0.15) is 0 Å². The largest absolute Gasteiger partial charge is 0.455 e. The summed E-state index contributed by atoms with van der Waals surface area (Å²) in [5.74, 6) is 0. The van der Waals surface area contributed by atoms with Crippen molar-refractivity contribution in [2.24, 2.45) is 0 Å². The molecular weight excluding hydrogens is 1470 g/mol. The van der Waals surface area contributed by atoms with Gasteiger partial charge in [-0.05, 0) is 256 Å². The Kier molecular flexibility index (Phi) is 17.5. The van der Waals surface area contributed by atoms with E-state index in [1.54, 1.807) is 11.1 Å². The van der Waals surface area contributed by atoms with Crippen molar-refractivity contribution < 1.29 is 8.83 Å². The Labute approximate surface area is 713 Å². The third kappa shape index (κ3) is 11.4.